The summed E-state index contributed by atoms with van der Waals surface area (Å²) in [6, 6.07) is 0. The third kappa shape index (κ3) is 3.66. The molecule has 3 N–H and O–H groups in total. The Morgan fingerprint density at radius 3 is 2.94 bits per heavy atom. The molecule has 1 aromatic heterocycles. The van der Waals surface area contributed by atoms with Crippen molar-refractivity contribution in [1.29, 1.82) is 0 Å². The molecule has 0 radical (unpaired) electrons. The van der Waals surface area contributed by atoms with Crippen LogP contribution in [0.3, 0.4) is 0 Å². The minimum Gasteiger partial charge on any atom is -0.354 e. The van der Waals surface area contributed by atoms with Crippen LogP contribution in [0, 0.1) is 12.8 Å². The van der Waals surface area contributed by atoms with E-state index >= 15 is 0 Å². The number of nitrogens with zero attached hydrogens (tertiary/aromatic N) is 2. The molecule has 5 heteroatoms. The maximum atomic E-state index is 11.6. The Morgan fingerprint density at radius 2 is 2.44 bits per heavy atom. The highest BCUT2D eigenvalue weighted by Crippen LogP contribution is 1.99. The van der Waals surface area contributed by atoms with Crippen LogP contribution in [-0.4, -0.2) is 28.8 Å². The number of carbonyl (C=O) groups excluding carboxylic acids is 1. The highest BCUT2D eigenvalue weighted by molar-refractivity contribution is 5.78. The zero-order chi connectivity index (χ0) is 12.0. The van der Waals surface area contributed by atoms with E-state index < -0.39 is 0 Å². The van der Waals surface area contributed by atoms with Gasteiger partial charge in [-0.2, -0.15) is 5.10 Å². The Balaban J connectivity index is 2.27. The van der Waals surface area contributed by atoms with Gasteiger partial charge in [-0.3, -0.25) is 9.48 Å². The molecule has 16 heavy (non-hydrogen) atoms. The highest BCUT2D eigenvalue weighted by atomic mass is 16.1. The van der Waals surface area contributed by atoms with E-state index in [4.69, 9.17) is 5.73 Å². The van der Waals surface area contributed by atoms with Gasteiger partial charge in [-0.05, 0) is 18.9 Å². The third-order valence-corrected chi connectivity index (χ3v) is 2.55. The van der Waals surface area contributed by atoms with Gasteiger partial charge >= 0.3 is 0 Å². The fourth-order valence-corrected chi connectivity index (χ4v) is 1.49. The number of nitrogens with two attached hydrogens (primary N) is 1. The van der Waals surface area contributed by atoms with Crippen molar-refractivity contribution in [1.82, 2.24) is 15.1 Å². The first kappa shape index (κ1) is 12.7. The SMILES string of the molecule is CCC(CN)C(=O)NCCn1cc(C)cn1. The molecular formula is C11H20N4O. The van der Waals surface area contributed by atoms with Gasteiger partial charge in [0.15, 0.2) is 0 Å². The van der Waals surface area contributed by atoms with E-state index in [9.17, 15) is 4.79 Å². The van der Waals surface area contributed by atoms with E-state index in [1.54, 1.807) is 6.20 Å². The minimum absolute atomic E-state index is 0.0360. The summed E-state index contributed by atoms with van der Waals surface area (Å²) in [5.74, 6) is -0.0340. The topological polar surface area (TPSA) is 72.9 Å². The molecule has 5 nitrogen and oxygen atoms in total. The van der Waals surface area contributed by atoms with Crippen molar-refractivity contribution in [3.63, 3.8) is 0 Å². The number of amides is 1. The lowest BCUT2D eigenvalue weighted by Crippen LogP contribution is -2.36. The molecule has 0 bridgehead atoms. The summed E-state index contributed by atoms with van der Waals surface area (Å²) in [6.07, 6.45) is 4.53. The molecule has 0 aromatic carbocycles. The van der Waals surface area contributed by atoms with Gasteiger partial charge in [0.2, 0.25) is 5.91 Å². The molecule has 0 spiro atoms. The van der Waals surface area contributed by atoms with Crippen molar-refractivity contribution in [2.24, 2.45) is 11.7 Å². The van der Waals surface area contributed by atoms with Crippen molar-refractivity contribution in [2.45, 2.75) is 26.8 Å². The summed E-state index contributed by atoms with van der Waals surface area (Å²) in [5.41, 5.74) is 6.62. The van der Waals surface area contributed by atoms with Gasteiger partial charge in [0.1, 0.15) is 0 Å². The number of rotatable bonds is 6. The monoisotopic (exact) mass is 224 g/mol. The summed E-state index contributed by atoms with van der Waals surface area (Å²) in [5, 5.41) is 7.00. The van der Waals surface area contributed by atoms with E-state index in [1.807, 2.05) is 24.7 Å². The maximum Gasteiger partial charge on any atom is 0.224 e. The third-order valence-electron chi connectivity index (χ3n) is 2.55. The van der Waals surface area contributed by atoms with E-state index in [0.29, 0.717) is 19.6 Å². The van der Waals surface area contributed by atoms with E-state index in [2.05, 4.69) is 10.4 Å². The normalized spacial score (nSPS) is 12.4. The molecule has 0 fully saturated rings. The fraction of sp³-hybridized carbons (Fsp3) is 0.636. The molecule has 0 aliphatic carbocycles. The molecule has 1 atom stereocenters. The van der Waals surface area contributed by atoms with Crippen LogP contribution in [-0.2, 0) is 11.3 Å². The molecular weight excluding hydrogens is 204 g/mol. The minimum atomic E-state index is -0.0700. The van der Waals surface area contributed by atoms with Crippen molar-refractivity contribution in [2.75, 3.05) is 13.1 Å². The molecule has 0 aliphatic rings. The summed E-state index contributed by atoms with van der Waals surface area (Å²) in [4.78, 5) is 11.6. The molecule has 0 saturated heterocycles. The lowest BCUT2D eigenvalue weighted by Gasteiger charge is -2.12. The zero-order valence-corrected chi connectivity index (χ0v) is 9.94. The maximum absolute atomic E-state index is 11.6. The first-order valence-corrected chi connectivity index (χ1v) is 5.64. The predicted octanol–water partition coefficient (Wildman–Crippen LogP) is 0.293. The van der Waals surface area contributed by atoms with Crippen LogP contribution in [0.25, 0.3) is 0 Å². The van der Waals surface area contributed by atoms with Gasteiger partial charge in [-0.15, -0.1) is 0 Å². The van der Waals surface area contributed by atoms with Gasteiger partial charge in [0.05, 0.1) is 12.7 Å². The first-order chi connectivity index (χ1) is 7.67. The number of carbonyl (C=O) groups is 1. The van der Waals surface area contributed by atoms with Gasteiger partial charge in [0.25, 0.3) is 0 Å². The van der Waals surface area contributed by atoms with Gasteiger partial charge in [-0.1, -0.05) is 6.92 Å². The summed E-state index contributed by atoms with van der Waals surface area (Å²) in [6.45, 7) is 5.65. The fourth-order valence-electron chi connectivity index (χ4n) is 1.49. The second-order valence-corrected chi connectivity index (χ2v) is 3.91. The average molecular weight is 224 g/mol. The number of hydrogen-bond acceptors (Lipinski definition) is 3. The summed E-state index contributed by atoms with van der Waals surface area (Å²) < 4.78 is 1.82. The number of nitrogens with one attached hydrogen (secondary N) is 1. The second-order valence-electron chi connectivity index (χ2n) is 3.91. The van der Waals surface area contributed by atoms with E-state index in [1.165, 1.54) is 0 Å². The van der Waals surface area contributed by atoms with Crippen LogP contribution < -0.4 is 11.1 Å². The molecule has 1 heterocycles. The molecule has 0 aliphatic heterocycles. The lowest BCUT2D eigenvalue weighted by molar-refractivity contribution is -0.124. The Bertz CT molecular complexity index is 330. The standard InChI is InChI=1S/C11H20N4O/c1-3-10(6-12)11(16)13-4-5-15-8-9(2)7-14-15/h7-8,10H,3-6,12H2,1-2H3,(H,13,16). The van der Waals surface area contributed by atoms with Crippen LogP contribution in [0.2, 0.25) is 0 Å². The Labute approximate surface area is 96.0 Å². The molecule has 1 rings (SSSR count). The second kappa shape index (κ2) is 6.27. The van der Waals surface area contributed by atoms with Crippen LogP contribution in [0.4, 0.5) is 0 Å². The number of aromatic nitrogens is 2. The van der Waals surface area contributed by atoms with Crippen LogP contribution >= 0.6 is 0 Å². The largest absolute Gasteiger partial charge is 0.354 e. The molecule has 1 aromatic rings. The Morgan fingerprint density at radius 1 is 1.69 bits per heavy atom. The summed E-state index contributed by atoms with van der Waals surface area (Å²) in [7, 11) is 0. The number of hydrogen-bond donors (Lipinski definition) is 2. The van der Waals surface area contributed by atoms with Crippen molar-refractivity contribution in [3.8, 4) is 0 Å². The van der Waals surface area contributed by atoms with Crippen molar-refractivity contribution >= 4 is 5.91 Å². The highest BCUT2D eigenvalue weighted by Gasteiger charge is 2.13. The molecule has 1 unspecified atom stereocenters. The average Bonchev–Trinajstić information content (AvgIpc) is 2.66. The molecule has 90 valence electrons. The first-order valence-electron chi connectivity index (χ1n) is 5.64. The lowest BCUT2D eigenvalue weighted by atomic mass is 10.1. The molecule has 1 amide bonds. The molecule has 0 saturated carbocycles. The Kier molecular flexibility index (Phi) is 4.98. The van der Waals surface area contributed by atoms with E-state index in [0.717, 1.165) is 12.0 Å². The Hall–Kier alpha value is -1.36. The van der Waals surface area contributed by atoms with Crippen molar-refractivity contribution in [3.05, 3.63) is 18.0 Å². The van der Waals surface area contributed by atoms with Crippen molar-refractivity contribution < 1.29 is 4.79 Å². The summed E-state index contributed by atoms with van der Waals surface area (Å²) >= 11 is 0. The van der Waals surface area contributed by atoms with Gasteiger partial charge < -0.3 is 11.1 Å². The van der Waals surface area contributed by atoms with Crippen LogP contribution in [0.1, 0.15) is 18.9 Å². The number of aryl methyl sites for hydroxylation is 1. The van der Waals surface area contributed by atoms with Gasteiger partial charge in [-0.25, -0.2) is 0 Å². The zero-order valence-electron chi connectivity index (χ0n) is 9.94. The van der Waals surface area contributed by atoms with Crippen LogP contribution in [0.5, 0.6) is 0 Å². The smallest absolute Gasteiger partial charge is 0.224 e. The van der Waals surface area contributed by atoms with Crippen LogP contribution in [0.15, 0.2) is 12.4 Å². The van der Waals surface area contributed by atoms with E-state index in [-0.39, 0.29) is 11.8 Å². The quantitative estimate of drug-likeness (QED) is 0.729. The van der Waals surface area contributed by atoms with Gasteiger partial charge in [0, 0.05) is 25.2 Å². The predicted molar refractivity (Wildman–Crippen MR) is 62.8 cm³/mol.